The number of likely N-dealkylation sites (tertiary alicyclic amines) is 1. The number of carbonyl (C=O) groups is 3. The van der Waals surface area contributed by atoms with Gasteiger partial charge in [0.25, 0.3) is 5.91 Å². The van der Waals surface area contributed by atoms with Gasteiger partial charge in [-0.25, -0.2) is 4.90 Å². The van der Waals surface area contributed by atoms with E-state index in [0.717, 1.165) is 24.3 Å². The van der Waals surface area contributed by atoms with Crippen molar-refractivity contribution in [3.8, 4) is 0 Å². The molecule has 1 aromatic rings. The van der Waals surface area contributed by atoms with E-state index in [1.165, 1.54) is 4.90 Å². The molecule has 2 amide bonds. The summed E-state index contributed by atoms with van der Waals surface area (Å²) < 4.78 is 5.11. The number of nitrogens with zero attached hydrogens (tertiary/aromatic N) is 1. The second kappa shape index (κ2) is 7.54. The van der Waals surface area contributed by atoms with Gasteiger partial charge in [0.2, 0.25) is 5.91 Å². The molecular weight excluding hydrogens is 344 g/mol. The Morgan fingerprint density at radius 3 is 2.72 bits per heavy atom. The lowest BCUT2D eigenvalue weighted by atomic mass is 9.96. The van der Waals surface area contributed by atoms with Crippen molar-refractivity contribution in [2.45, 2.75) is 32.2 Å². The Hall–Kier alpha value is -1.92. The number of amides is 2. The van der Waals surface area contributed by atoms with Crippen molar-refractivity contribution in [2.24, 2.45) is 5.92 Å². The summed E-state index contributed by atoms with van der Waals surface area (Å²) in [6.07, 6.45) is 1.79. The molecule has 0 spiro atoms. The highest BCUT2D eigenvalue weighted by Crippen LogP contribution is 2.24. The lowest BCUT2D eigenvalue weighted by Gasteiger charge is -2.31. The number of hydrogen-bond acceptors (Lipinski definition) is 4. The fourth-order valence-electron chi connectivity index (χ4n) is 3.69. The van der Waals surface area contributed by atoms with Crippen LogP contribution >= 0.6 is 11.6 Å². The van der Waals surface area contributed by atoms with Crippen molar-refractivity contribution in [1.29, 1.82) is 0 Å². The lowest BCUT2D eigenvalue weighted by Crippen LogP contribution is -3.18. The van der Waals surface area contributed by atoms with Gasteiger partial charge in [0.05, 0.1) is 31.8 Å². The summed E-state index contributed by atoms with van der Waals surface area (Å²) in [4.78, 5) is 39.5. The van der Waals surface area contributed by atoms with Gasteiger partial charge in [0.1, 0.15) is 5.92 Å². The second-order valence-electron chi connectivity index (χ2n) is 6.50. The topological polar surface area (TPSA) is 68.1 Å². The van der Waals surface area contributed by atoms with E-state index in [9.17, 15) is 14.4 Å². The molecule has 6 nitrogen and oxygen atoms in total. The molecule has 0 radical (unpaired) electrons. The SMILES string of the molecule is CCOC(=O)[C@@H]1CCC[NH+]([C@@H]2CC(=O)N(c3ccc(Cl)cc3)C2=O)C1. The Bertz CT molecular complexity index is 676. The van der Waals surface area contributed by atoms with Gasteiger partial charge >= 0.3 is 5.97 Å². The van der Waals surface area contributed by atoms with Gasteiger partial charge < -0.3 is 9.64 Å². The number of carbonyl (C=O) groups excluding carboxylic acids is 3. The normalized spacial score (nSPS) is 26.8. The van der Waals surface area contributed by atoms with Gasteiger partial charge in [-0.2, -0.15) is 0 Å². The number of halogens is 1. The number of imide groups is 1. The molecule has 0 aromatic heterocycles. The molecule has 25 heavy (non-hydrogen) atoms. The van der Waals surface area contributed by atoms with Crippen LogP contribution < -0.4 is 9.80 Å². The maximum absolute atomic E-state index is 12.8. The first-order valence-corrected chi connectivity index (χ1v) is 9.02. The van der Waals surface area contributed by atoms with Gasteiger partial charge in [-0.05, 0) is 44.0 Å². The van der Waals surface area contributed by atoms with E-state index in [-0.39, 0.29) is 30.1 Å². The zero-order chi connectivity index (χ0) is 18.0. The van der Waals surface area contributed by atoms with E-state index in [2.05, 4.69) is 0 Å². The standard InChI is InChI=1S/C18H21ClN2O4/c1-2-25-18(24)12-4-3-9-20(11-12)15-10-16(22)21(17(15)23)14-7-5-13(19)6-8-14/h5-8,12,15H,2-4,9-11H2,1H3/p+1/t12-,15-/m1/s1. The average Bonchev–Trinajstić information content (AvgIpc) is 2.91. The molecule has 1 unspecified atom stereocenters. The van der Waals surface area contributed by atoms with E-state index in [1.54, 1.807) is 31.2 Å². The molecule has 2 heterocycles. The van der Waals surface area contributed by atoms with Gasteiger partial charge in [-0.15, -0.1) is 0 Å². The highest BCUT2D eigenvalue weighted by molar-refractivity contribution is 6.30. The zero-order valence-electron chi connectivity index (χ0n) is 14.2. The van der Waals surface area contributed by atoms with Gasteiger partial charge in [0.15, 0.2) is 6.04 Å². The molecule has 2 aliphatic rings. The number of ether oxygens (including phenoxy) is 1. The third kappa shape index (κ3) is 3.70. The molecule has 0 aliphatic carbocycles. The molecule has 3 rings (SSSR count). The number of nitrogens with one attached hydrogen (secondary N) is 1. The maximum atomic E-state index is 12.8. The molecule has 2 saturated heterocycles. The Labute approximate surface area is 151 Å². The van der Waals surface area contributed by atoms with Gasteiger partial charge in [0, 0.05) is 5.02 Å². The third-order valence-corrected chi connectivity index (χ3v) is 5.16. The second-order valence-corrected chi connectivity index (χ2v) is 6.94. The van der Waals surface area contributed by atoms with Crippen molar-refractivity contribution in [2.75, 3.05) is 24.6 Å². The van der Waals surface area contributed by atoms with Crippen molar-refractivity contribution >= 4 is 35.1 Å². The number of quaternary nitrogens is 1. The fourth-order valence-corrected chi connectivity index (χ4v) is 3.81. The molecule has 0 saturated carbocycles. The minimum atomic E-state index is -0.430. The first-order chi connectivity index (χ1) is 12.0. The van der Waals surface area contributed by atoms with Crippen LogP contribution in [0.4, 0.5) is 5.69 Å². The Morgan fingerprint density at radius 2 is 2.04 bits per heavy atom. The number of piperidine rings is 1. The summed E-state index contributed by atoms with van der Waals surface area (Å²) in [6.45, 7) is 3.47. The summed E-state index contributed by atoms with van der Waals surface area (Å²) in [6, 6.07) is 6.24. The first-order valence-electron chi connectivity index (χ1n) is 8.64. The molecule has 3 atom stereocenters. The molecule has 2 aliphatic heterocycles. The summed E-state index contributed by atoms with van der Waals surface area (Å²) >= 11 is 5.88. The number of rotatable bonds is 4. The van der Waals surface area contributed by atoms with Crippen LogP contribution in [0.3, 0.4) is 0 Å². The monoisotopic (exact) mass is 365 g/mol. The molecule has 0 bridgehead atoms. The van der Waals surface area contributed by atoms with Crippen LogP contribution in [0.15, 0.2) is 24.3 Å². The van der Waals surface area contributed by atoms with Crippen molar-refractivity contribution in [3.05, 3.63) is 29.3 Å². The summed E-state index contributed by atoms with van der Waals surface area (Å²) in [7, 11) is 0. The van der Waals surface area contributed by atoms with Crippen LogP contribution in [0.1, 0.15) is 26.2 Å². The number of anilines is 1. The predicted molar refractivity (Wildman–Crippen MR) is 92.4 cm³/mol. The number of esters is 1. The summed E-state index contributed by atoms with van der Waals surface area (Å²) in [5.41, 5.74) is 0.542. The van der Waals surface area contributed by atoms with E-state index < -0.39 is 6.04 Å². The molecule has 2 fully saturated rings. The number of benzene rings is 1. The Balaban J connectivity index is 1.73. The van der Waals surface area contributed by atoms with E-state index in [1.807, 2.05) is 0 Å². The van der Waals surface area contributed by atoms with Crippen LogP contribution in [0.25, 0.3) is 0 Å². The fraction of sp³-hybridized carbons (Fsp3) is 0.500. The van der Waals surface area contributed by atoms with Crippen LogP contribution in [-0.2, 0) is 19.1 Å². The van der Waals surface area contributed by atoms with E-state index in [4.69, 9.17) is 16.3 Å². The third-order valence-electron chi connectivity index (χ3n) is 4.90. The zero-order valence-corrected chi connectivity index (χ0v) is 14.9. The first kappa shape index (κ1) is 17.9. The largest absolute Gasteiger partial charge is 0.466 e. The highest BCUT2D eigenvalue weighted by Gasteiger charge is 2.47. The quantitative estimate of drug-likeness (QED) is 0.634. The van der Waals surface area contributed by atoms with Crippen LogP contribution in [0, 0.1) is 5.92 Å². The highest BCUT2D eigenvalue weighted by atomic mass is 35.5. The number of hydrogen-bond donors (Lipinski definition) is 1. The van der Waals surface area contributed by atoms with Crippen molar-refractivity contribution in [1.82, 2.24) is 0 Å². The van der Waals surface area contributed by atoms with E-state index in [0.29, 0.717) is 23.9 Å². The van der Waals surface area contributed by atoms with Crippen molar-refractivity contribution < 1.29 is 24.0 Å². The van der Waals surface area contributed by atoms with Crippen LogP contribution in [0.5, 0.6) is 0 Å². The molecule has 1 N–H and O–H groups in total. The minimum Gasteiger partial charge on any atom is -0.466 e. The molecule has 7 heteroatoms. The average molecular weight is 366 g/mol. The lowest BCUT2D eigenvalue weighted by molar-refractivity contribution is -0.922. The van der Waals surface area contributed by atoms with Crippen LogP contribution in [-0.4, -0.2) is 43.5 Å². The van der Waals surface area contributed by atoms with Crippen molar-refractivity contribution in [3.63, 3.8) is 0 Å². The summed E-state index contributed by atoms with van der Waals surface area (Å²) in [5, 5.41) is 0.554. The Kier molecular flexibility index (Phi) is 5.39. The molecule has 1 aromatic carbocycles. The minimum absolute atomic E-state index is 0.173. The molecule has 134 valence electrons. The molecular formula is C18H22ClN2O4+. The Morgan fingerprint density at radius 1 is 1.32 bits per heavy atom. The maximum Gasteiger partial charge on any atom is 0.314 e. The van der Waals surface area contributed by atoms with E-state index >= 15 is 0 Å². The van der Waals surface area contributed by atoms with Gasteiger partial charge in [-0.1, -0.05) is 11.6 Å². The van der Waals surface area contributed by atoms with Gasteiger partial charge in [-0.3, -0.25) is 14.4 Å². The van der Waals surface area contributed by atoms with Crippen LogP contribution in [0.2, 0.25) is 5.02 Å². The predicted octanol–water partition coefficient (Wildman–Crippen LogP) is 0.830. The smallest absolute Gasteiger partial charge is 0.314 e. The summed E-state index contributed by atoms with van der Waals surface area (Å²) in [5.74, 6) is -0.808.